The SMILES string of the molecule is Cc1ccc(NC(=O)CSc2nnc(CN3CCCC3)n2-c2ccccc2)c(Br)c1. The van der Waals surface area contributed by atoms with Crippen LogP contribution in [-0.4, -0.2) is 44.4 Å². The van der Waals surface area contributed by atoms with Gasteiger partial charge in [-0.05, 0) is 78.6 Å². The van der Waals surface area contributed by atoms with Gasteiger partial charge in [0.1, 0.15) is 0 Å². The molecule has 0 saturated carbocycles. The number of thioether (sulfide) groups is 1. The molecule has 2 heterocycles. The number of hydrogen-bond donors (Lipinski definition) is 1. The minimum absolute atomic E-state index is 0.0757. The number of aromatic nitrogens is 3. The van der Waals surface area contributed by atoms with E-state index >= 15 is 0 Å². The first-order valence-electron chi connectivity index (χ1n) is 10.0. The van der Waals surface area contributed by atoms with Crippen molar-refractivity contribution in [3.8, 4) is 5.69 Å². The van der Waals surface area contributed by atoms with E-state index in [-0.39, 0.29) is 11.7 Å². The Morgan fingerprint density at radius 3 is 2.63 bits per heavy atom. The lowest BCUT2D eigenvalue weighted by Crippen LogP contribution is -2.21. The molecule has 1 aliphatic rings. The molecule has 8 heteroatoms. The van der Waals surface area contributed by atoms with E-state index in [1.807, 2.05) is 55.5 Å². The van der Waals surface area contributed by atoms with Crippen LogP contribution in [0.2, 0.25) is 0 Å². The number of likely N-dealkylation sites (tertiary alicyclic amines) is 1. The standard InChI is InChI=1S/C22H24BrN5OS/c1-16-9-10-19(18(23)13-16)24-21(29)15-30-22-26-25-20(14-27-11-5-6-12-27)28(22)17-7-3-2-4-8-17/h2-4,7-10,13H,5-6,11-12,14-15H2,1H3,(H,24,29). The molecule has 156 valence electrons. The number of benzene rings is 2. The van der Waals surface area contributed by atoms with Crippen LogP contribution in [0.4, 0.5) is 5.69 Å². The van der Waals surface area contributed by atoms with Gasteiger partial charge in [-0.3, -0.25) is 14.3 Å². The quantitative estimate of drug-likeness (QED) is 0.492. The highest BCUT2D eigenvalue weighted by Crippen LogP contribution is 2.26. The van der Waals surface area contributed by atoms with Gasteiger partial charge >= 0.3 is 0 Å². The fourth-order valence-corrected chi connectivity index (χ4v) is 4.87. The summed E-state index contributed by atoms with van der Waals surface area (Å²) >= 11 is 4.91. The maximum absolute atomic E-state index is 12.5. The van der Waals surface area contributed by atoms with Crippen molar-refractivity contribution in [2.75, 3.05) is 24.2 Å². The number of hydrogen-bond acceptors (Lipinski definition) is 5. The number of nitrogens with zero attached hydrogens (tertiary/aromatic N) is 4. The van der Waals surface area contributed by atoms with Gasteiger partial charge in [0.05, 0.1) is 18.0 Å². The summed E-state index contributed by atoms with van der Waals surface area (Å²) in [7, 11) is 0. The zero-order valence-corrected chi connectivity index (χ0v) is 19.2. The molecule has 1 aromatic heterocycles. The van der Waals surface area contributed by atoms with E-state index in [2.05, 4.69) is 40.9 Å². The molecule has 1 fully saturated rings. The molecular formula is C22H24BrN5OS. The highest BCUT2D eigenvalue weighted by atomic mass is 79.9. The molecule has 1 saturated heterocycles. The molecule has 1 aliphatic heterocycles. The number of para-hydroxylation sites is 1. The normalized spacial score (nSPS) is 14.2. The Bertz CT molecular complexity index is 1020. The maximum atomic E-state index is 12.5. The number of anilines is 1. The zero-order chi connectivity index (χ0) is 20.9. The summed E-state index contributed by atoms with van der Waals surface area (Å²) in [5.74, 6) is 1.09. The summed E-state index contributed by atoms with van der Waals surface area (Å²) in [6.07, 6.45) is 2.46. The van der Waals surface area contributed by atoms with E-state index < -0.39 is 0 Å². The molecule has 0 unspecified atom stereocenters. The van der Waals surface area contributed by atoms with Crippen molar-refractivity contribution in [2.24, 2.45) is 0 Å². The summed E-state index contributed by atoms with van der Waals surface area (Å²) in [5.41, 5.74) is 2.92. The molecule has 3 aromatic rings. The first-order valence-corrected chi connectivity index (χ1v) is 11.8. The van der Waals surface area contributed by atoms with Gasteiger partial charge in [0.15, 0.2) is 11.0 Å². The van der Waals surface area contributed by atoms with Gasteiger partial charge in [0.2, 0.25) is 5.91 Å². The van der Waals surface area contributed by atoms with E-state index in [9.17, 15) is 4.79 Å². The molecule has 30 heavy (non-hydrogen) atoms. The Morgan fingerprint density at radius 1 is 1.13 bits per heavy atom. The Morgan fingerprint density at radius 2 is 1.90 bits per heavy atom. The van der Waals surface area contributed by atoms with Gasteiger partial charge in [-0.25, -0.2) is 0 Å². The van der Waals surface area contributed by atoms with Crippen molar-refractivity contribution in [1.29, 1.82) is 0 Å². The van der Waals surface area contributed by atoms with Gasteiger partial charge in [0, 0.05) is 10.2 Å². The van der Waals surface area contributed by atoms with Crippen LogP contribution in [0, 0.1) is 6.92 Å². The van der Waals surface area contributed by atoms with E-state index in [4.69, 9.17) is 0 Å². The molecule has 2 aromatic carbocycles. The summed E-state index contributed by atoms with van der Waals surface area (Å²) in [5, 5.41) is 12.5. The number of rotatable bonds is 7. The second-order valence-corrected chi connectivity index (χ2v) is 9.17. The number of aryl methyl sites for hydroxylation is 1. The maximum Gasteiger partial charge on any atom is 0.234 e. The number of carbonyl (C=O) groups is 1. The fraction of sp³-hybridized carbons (Fsp3) is 0.318. The first-order chi connectivity index (χ1) is 14.6. The molecule has 0 radical (unpaired) electrons. The van der Waals surface area contributed by atoms with E-state index in [1.54, 1.807) is 0 Å². The number of halogens is 1. The summed E-state index contributed by atoms with van der Waals surface area (Å²) < 4.78 is 2.94. The minimum atomic E-state index is -0.0757. The Balaban J connectivity index is 1.49. The smallest absolute Gasteiger partial charge is 0.234 e. The lowest BCUT2D eigenvalue weighted by molar-refractivity contribution is -0.113. The predicted molar refractivity (Wildman–Crippen MR) is 124 cm³/mol. The Hall–Kier alpha value is -2.16. The van der Waals surface area contributed by atoms with Crippen LogP contribution in [0.25, 0.3) is 5.69 Å². The predicted octanol–water partition coefficient (Wildman–Crippen LogP) is 4.66. The molecular weight excluding hydrogens is 462 g/mol. The van der Waals surface area contributed by atoms with Crippen LogP contribution >= 0.6 is 27.7 Å². The largest absolute Gasteiger partial charge is 0.324 e. The molecule has 6 nitrogen and oxygen atoms in total. The highest BCUT2D eigenvalue weighted by molar-refractivity contribution is 9.10. The molecule has 1 N–H and O–H groups in total. The van der Waals surface area contributed by atoms with Crippen LogP contribution in [0.15, 0.2) is 58.2 Å². The first kappa shape index (κ1) is 21.1. The van der Waals surface area contributed by atoms with E-state index in [1.165, 1.54) is 24.6 Å². The second-order valence-electron chi connectivity index (χ2n) is 7.37. The third-order valence-electron chi connectivity index (χ3n) is 5.01. The summed E-state index contributed by atoms with van der Waals surface area (Å²) in [4.78, 5) is 14.9. The van der Waals surface area contributed by atoms with E-state index in [0.29, 0.717) is 0 Å². The molecule has 1 amide bonds. The molecule has 4 rings (SSSR count). The second kappa shape index (κ2) is 9.76. The van der Waals surface area contributed by atoms with Gasteiger partial charge < -0.3 is 5.32 Å². The third kappa shape index (κ3) is 5.11. The summed E-state index contributed by atoms with van der Waals surface area (Å²) in [6.45, 7) is 4.98. The van der Waals surface area contributed by atoms with Crippen molar-refractivity contribution in [2.45, 2.75) is 31.5 Å². The zero-order valence-electron chi connectivity index (χ0n) is 16.8. The lowest BCUT2D eigenvalue weighted by Gasteiger charge is -2.16. The van der Waals surface area contributed by atoms with Gasteiger partial charge in [-0.2, -0.15) is 0 Å². The number of amides is 1. The van der Waals surface area contributed by atoms with Crippen LogP contribution in [-0.2, 0) is 11.3 Å². The van der Waals surface area contributed by atoms with Crippen molar-refractivity contribution >= 4 is 39.3 Å². The van der Waals surface area contributed by atoms with Crippen molar-refractivity contribution in [1.82, 2.24) is 19.7 Å². The number of carbonyl (C=O) groups excluding carboxylic acids is 1. The topological polar surface area (TPSA) is 63.1 Å². The lowest BCUT2D eigenvalue weighted by atomic mass is 10.2. The van der Waals surface area contributed by atoms with Crippen LogP contribution in [0.3, 0.4) is 0 Å². The molecule has 0 aliphatic carbocycles. The van der Waals surface area contributed by atoms with Crippen LogP contribution in [0.1, 0.15) is 24.2 Å². The average Bonchev–Trinajstić information content (AvgIpc) is 3.39. The molecule has 0 atom stereocenters. The average molecular weight is 486 g/mol. The van der Waals surface area contributed by atoms with Crippen molar-refractivity contribution in [3.05, 3.63) is 64.4 Å². The molecule has 0 spiro atoms. The third-order valence-corrected chi connectivity index (χ3v) is 6.59. The van der Waals surface area contributed by atoms with Crippen LogP contribution in [0.5, 0.6) is 0 Å². The van der Waals surface area contributed by atoms with Gasteiger partial charge in [-0.1, -0.05) is 36.0 Å². The van der Waals surface area contributed by atoms with Gasteiger partial charge in [-0.15, -0.1) is 10.2 Å². The van der Waals surface area contributed by atoms with Crippen molar-refractivity contribution in [3.63, 3.8) is 0 Å². The van der Waals surface area contributed by atoms with Crippen LogP contribution < -0.4 is 5.32 Å². The van der Waals surface area contributed by atoms with E-state index in [0.717, 1.165) is 52.0 Å². The fourth-order valence-electron chi connectivity index (χ4n) is 3.51. The monoisotopic (exact) mass is 485 g/mol. The Kier molecular flexibility index (Phi) is 6.86. The number of nitrogens with one attached hydrogen (secondary N) is 1. The molecule has 0 bridgehead atoms. The van der Waals surface area contributed by atoms with Gasteiger partial charge in [0.25, 0.3) is 0 Å². The minimum Gasteiger partial charge on any atom is -0.324 e. The van der Waals surface area contributed by atoms with Crippen molar-refractivity contribution < 1.29 is 4.79 Å². The highest BCUT2D eigenvalue weighted by Gasteiger charge is 2.20. The summed E-state index contributed by atoms with van der Waals surface area (Å²) in [6, 6.07) is 16.0. The Labute approximate surface area is 189 Å².